The number of halogens is 1. The molecule has 0 unspecified atom stereocenters. The maximum absolute atomic E-state index is 12.6. The largest absolute Gasteiger partial charge is 0.352 e. The van der Waals surface area contributed by atoms with Crippen LogP contribution in [0.3, 0.4) is 0 Å². The molecule has 0 aliphatic rings. The van der Waals surface area contributed by atoms with Crippen molar-refractivity contribution in [3.05, 3.63) is 29.8 Å². The normalized spacial score (nSPS) is 10.6. The molecule has 4 nitrogen and oxygen atoms in total. The Hall–Kier alpha value is -1.43. The minimum absolute atomic E-state index is 0.304. The van der Waals surface area contributed by atoms with Gasteiger partial charge in [0.1, 0.15) is 0 Å². The van der Waals surface area contributed by atoms with Gasteiger partial charge in [-0.1, -0.05) is 27.7 Å². The Morgan fingerprint density at radius 2 is 1.68 bits per heavy atom. The Morgan fingerprint density at radius 1 is 1.21 bits per heavy atom. The molecule has 6 heteroatoms. The minimum Gasteiger partial charge on any atom is -0.352 e. The number of hydrogen-bond donors (Lipinski definition) is 1. The molecule has 0 aliphatic heterocycles. The smallest absolute Gasteiger partial charge is 0.332 e. The van der Waals surface area contributed by atoms with Gasteiger partial charge in [-0.2, -0.15) is 8.42 Å². The summed E-state index contributed by atoms with van der Waals surface area (Å²) >= 11 is 0. The Kier molecular flexibility index (Phi) is 7.29. The van der Waals surface area contributed by atoms with Gasteiger partial charge in [0.05, 0.1) is 4.90 Å². The SMILES string of the molecule is CC.CC(C)CNC(=O)c1ccc(S(=O)(=O)F)cc1. The van der Waals surface area contributed by atoms with Crippen LogP contribution in [-0.2, 0) is 10.2 Å². The molecule has 0 spiro atoms. The lowest BCUT2D eigenvalue weighted by Gasteiger charge is -2.07. The van der Waals surface area contributed by atoms with Crippen LogP contribution in [0.5, 0.6) is 0 Å². The van der Waals surface area contributed by atoms with E-state index in [9.17, 15) is 17.1 Å². The minimum atomic E-state index is -4.70. The summed E-state index contributed by atoms with van der Waals surface area (Å²) in [5.74, 6) is 0.0194. The summed E-state index contributed by atoms with van der Waals surface area (Å²) in [6.45, 7) is 8.44. The predicted molar refractivity (Wildman–Crippen MR) is 73.3 cm³/mol. The summed E-state index contributed by atoms with van der Waals surface area (Å²) in [6.07, 6.45) is 0. The molecule has 0 fully saturated rings. The first-order valence-corrected chi connectivity index (χ1v) is 7.52. The van der Waals surface area contributed by atoms with E-state index in [1.165, 1.54) is 12.1 Å². The summed E-state index contributed by atoms with van der Waals surface area (Å²) in [5, 5.41) is 2.67. The topological polar surface area (TPSA) is 63.2 Å². The summed E-state index contributed by atoms with van der Waals surface area (Å²) < 4.78 is 33.7. The van der Waals surface area contributed by atoms with Gasteiger partial charge in [-0.15, -0.1) is 3.89 Å². The highest BCUT2D eigenvalue weighted by Crippen LogP contribution is 2.12. The zero-order valence-electron chi connectivity index (χ0n) is 11.6. The first-order valence-electron chi connectivity index (χ1n) is 6.13. The van der Waals surface area contributed by atoms with E-state index in [2.05, 4.69) is 5.32 Å². The lowest BCUT2D eigenvalue weighted by molar-refractivity contribution is 0.0949. The second-order valence-electron chi connectivity index (χ2n) is 4.07. The van der Waals surface area contributed by atoms with E-state index in [1.54, 1.807) is 0 Å². The Morgan fingerprint density at radius 3 is 2.05 bits per heavy atom. The third-order valence-electron chi connectivity index (χ3n) is 2.07. The molecule has 0 atom stereocenters. The van der Waals surface area contributed by atoms with Crippen molar-refractivity contribution in [3.63, 3.8) is 0 Å². The van der Waals surface area contributed by atoms with Crippen molar-refractivity contribution in [2.45, 2.75) is 32.6 Å². The maximum Gasteiger partial charge on any atom is 0.332 e. The Labute approximate surface area is 114 Å². The van der Waals surface area contributed by atoms with Gasteiger partial charge in [-0.3, -0.25) is 4.79 Å². The molecule has 1 aromatic carbocycles. The van der Waals surface area contributed by atoms with Crippen molar-refractivity contribution in [1.82, 2.24) is 5.32 Å². The first kappa shape index (κ1) is 17.6. The molecule has 0 heterocycles. The van der Waals surface area contributed by atoms with Gasteiger partial charge in [0, 0.05) is 12.1 Å². The molecule has 1 N–H and O–H groups in total. The maximum atomic E-state index is 12.6. The van der Waals surface area contributed by atoms with Crippen LogP contribution in [0.25, 0.3) is 0 Å². The van der Waals surface area contributed by atoms with Gasteiger partial charge in [0.15, 0.2) is 0 Å². The molecular weight excluding hydrogens is 269 g/mol. The van der Waals surface area contributed by atoms with Crippen molar-refractivity contribution >= 4 is 16.1 Å². The van der Waals surface area contributed by atoms with E-state index < -0.39 is 15.1 Å². The van der Waals surface area contributed by atoms with Crippen LogP contribution in [0.2, 0.25) is 0 Å². The molecular formula is C13H20FNO3S. The quantitative estimate of drug-likeness (QED) is 0.867. The van der Waals surface area contributed by atoms with Crippen LogP contribution in [0.4, 0.5) is 3.89 Å². The highest BCUT2D eigenvalue weighted by atomic mass is 32.3. The number of rotatable bonds is 4. The zero-order chi connectivity index (χ0) is 15.1. The van der Waals surface area contributed by atoms with Crippen molar-refractivity contribution < 1.29 is 17.1 Å². The highest BCUT2D eigenvalue weighted by molar-refractivity contribution is 7.86. The zero-order valence-corrected chi connectivity index (χ0v) is 12.4. The fourth-order valence-corrected chi connectivity index (χ4v) is 1.63. The number of benzene rings is 1. The van der Waals surface area contributed by atoms with E-state index in [4.69, 9.17) is 0 Å². The average molecular weight is 289 g/mol. The van der Waals surface area contributed by atoms with Crippen LogP contribution in [0.15, 0.2) is 29.2 Å². The van der Waals surface area contributed by atoms with Crippen molar-refractivity contribution in [3.8, 4) is 0 Å². The first-order chi connectivity index (χ1) is 8.80. The molecule has 1 aromatic rings. The van der Waals surface area contributed by atoms with E-state index >= 15 is 0 Å². The molecule has 0 radical (unpaired) electrons. The average Bonchev–Trinajstić information content (AvgIpc) is 2.37. The summed E-state index contributed by atoms with van der Waals surface area (Å²) in [7, 11) is -4.70. The van der Waals surface area contributed by atoms with E-state index in [0.29, 0.717) is 18.0 Å². The van der Waals surface area contributed by atoms with Crippen LogP contribution in [-0.4, -0.2) is 20.9 Å². The van der Waals surface area contributed by atoms with Gasteiger partial charge in [-0.25, -0.2) is 0 Å². The number of carbonyl (C=O) groups excluding carboxylic acids is 1. The monoisotopic (exact) mass is 289 g/mol. The highest BCUT2D eigenvalue weighted by Gasteiger charge is 2.12. The molecule has 108 valence electrons. The molecule has 0 aliphatic carbocycles. The third-order valence-corrected chi connectivity index (χ3v) is 2.90. The number of carbonyl (C=O) groups is 1. The van der Waals surface area contributed by atoms with Crippen LogP contribution in [0.1, 0.15) is 38.1 Å². The molecule has 19 heavy (non-hydrogen) atoms. The number of amides is 1. The molecule has 1 rings (SSSR count). The molecule has 0 aromatic heterocycles. The van der Waals surface area contributed by atoms with Crippen LogP contribution in [0, 0.1) is 5.92 Å². The molecule has 0 bridgehead atoms. The van der Waals surface area contributed by atoms with E-state index in [0.717, 1.165) is 12.1 Å². The van der Waals surface area contributed by atoms with Crippen LogP contribution < -0.4 is 5.32 Å². The number of nitrogens with one attached hydrogen (secondary N) is 1. The standard InChI is InChI=1S/C11H14FNO3S.C2H6/c1-8(2)7-13-11(14)9-3-5-10(6-4-9)17(12,15)16;1-2/h3-6,8H,7H2,1-2H3,(H,13,14);1-2H3. The van der Waals surface area contributed by atoms with Crippen molar-refractivity contribution in [2.24, 2.45) is 5.92 Å². The second kappa shape index (κ2) is 7.89. The van der Waals surface area contributed by atoms with Gasteiger partial charge in [-0.05, 0) is 30.2 Å². The van der Waals surface area contributed by atoms with Gasteiger partial charge in [0.2, 0.25) is 0 Å². The molecule has 0 saturated carbocycles. The lowest BCUT2D eigenvalue weighted by atomic mass is 10.2. The van der Waals surface area contributed by atoms with E-state index in [1.807, 2.05) is 27.7 Å². The predicted octanol–water partition coefficient (Wildman–Crippen LogP) is 2.76. The lowest BCUT2D eigenvalue weighted by Crippen LogP contribution is -2.27. The fraction of sp³-hybridized carbons (Fsp3) is 0.462. The van der Waals surface area contributed by atoms with Crippen LogP contribution >= 0.6 is 0 Å². The van der Waals surface area contributed by atoms with Gasteiger partial charge >= 0.3 is 10.2 Å². The summed E-state index contributed by atoms with van der Waals surface area (Å²) in [4.78, 5) is 11.1. The van der Waals surface area contributed by atoms with Crippen molar-refractivity contribution in [2.75, 3.05) is 6.54 Å². The van der Waals surface area contributed by atoms with E-state index in [-0.39, 0.29) is 5.91 Å². The summed E-state index contributed by atoms with van der Waals surface area (Å²) in [5.41, 5.74) is 0.304. The van der Waals surface area contributed by atoms with Crippen molar-refractivity contribution in [1.29, 1.82) is 0 Å². The third kappa shape index (κ3) is 6.33. The molecule has 1 amide bonds. The van der Waals surface area contributed by atoms with Gasteiger partial charge in [0.25, 0.3) is 5.91 Å². The molecule has 0 saturated heterocycles. The van der Waals surface area contributed by atoms with Gasteiger partial charge < -0.3 is 5.32 Å². The second-order valence-corrected chi connectivity index (χ2v) is 5.41. The number of hydrogen-bond acceptors (Lipinski definition) is 3. The fourth-order valence-electron chi connectivity index (χ4n) is 1.17. The Balaban J connectivity index is 0.00000154. The summed E-state index contributed by atoms with van der Waals surface area (Å²) in [6, 6.07) is 4.70. The Bertz CT molecular complexity index is 495.